The summed E-state index contributed by atoms with van der Waals surface area (Å²) < 4.78 is 11.2. The van der Waals surface area contributed by atoms with Gasteiger partial charge < -0.3 is 13.6 Å². The van der Waals surface area contributed by atoms with Crippen LogP contribution in [0.15, 0.2) is 199 Å². The molecule has 0 unspecified atom stereocenters. The molecule has 3 heterocycles. The highest BCUT2D eigenvalue weighted by atomic mass is 16.3. The molecule has 12 rings (SSSR count). The molecule has 3 aromatic heterocycles. The van der Waals surface area contributed by atoms with Gasteiger partial charge in [0, 0.05) is 49.3 Å². The maximum atomic E-state index is 6.41. The second-order valence-electron chi connectivity index (χ2n) is 14.5. The Morgan fingerprint density at radius 3 is 1.55 bits per heavy atom. The first-order chi connectivity index (χ1) is 27.3. The van der Waals surface area contributed by atoms with Gasteiger partial charge in [-0.1, -0.05) is 133 Å². The predicted octanol–water partition coefficient (Wildman–Crippen LogP) is 14.3. The van der Waals surface area contributed by atoms with Gasteiger partial charge in [0.05, 0.1) is 22.1 Å². The van der Waals surface area contributed by atoms with Crippen LogP contribution >= 0.6 is 0 Å². The second kappa shape index (κ2) is 11.6. The minimum Gasteiger partial charge on any atom is -0.455 e. The molecule has 12 aromatic rings. The molecule has 55 heavy (non-hydrogen) atoms. The summed E-state index contributed by atoms with van der Waals surface area (Å²) in [5, 5.41) is 9.78. The summed E-state index contributed by atoms with van der Waals surface area (Å²) in [6.07, 6.45) is 0. The molecule has 0 saturated heterocycles. The molecule has 0 atom stereocenters. The number of hydrogen-bond donors (Lipinski definition) is 0. The number of nitrogens with zero attached hydrogens (tertiary/aromatic N) is 2. The predicted molar refractivity (Wildman–Crippen MR) is 231 cm³/mol. The minimum atomic E-state index is 0.913. The number of aromatic nitrogens is 2. The molecule has 0 bridgehead atoms. The van der Waals surface area contributed by atoms with Gasteiger partial charge in [-0.15, -0.1) is 0 Å². The molecule has 0 amide bonds. The first kappa shape index (κ1) is 30.1. The molecule has 0 aliphatic rings. The molecule has 3 nitrogen and oxygen atoms in total. The molecular formula is C52H32N2O. The Morgan fingerprint density at radius 2 is 0.855 bits per heavy atom. The van der Waals surface area contributed by atoms with Crippen LogP contribution in [-0.2, 0) is 0 Å². The molecule has 0 saturated carbocycles. The Morgan fingerprint density at radius 1 is 0.309 bits per heavy atom. The summed E-state index contributed by atoms with van der Waals surface area (Å²) >= 11 is 0. The quantitative estimate of drug-likeness (QED) is 0.179. The van der Waals surface area contributed by atoms with Gasteiger partial charge in [0.2, 0.25) is 0 Å². The zero-order chi connectivity index (χ0) is 36.0. The van der Waals surface area contributed by atoms with E-state index in [1.165, 1.54) is 65.5 Å². The molecule has 256 valence electrons. The second-order valence-corrected chi connectivity index (χ2v) is 14.5. The third-order valence-corrected chi connectivity index (χ3v) is 11.5. The van der Waals surface area contributed by atoms with Crippen molar-refractivity contribution in [2.24, 2.45) is 0 Å². The summed E-state index contributed by atoms with van der Waals surface area (Å²) in [7, 11) is 0. The average Bonchev–Trinajstić information content (AvgIpc) is 3.90. The third-order valence-electron chi connectivity index (χ3n) is 11.5. The molecular weight excluding hydrogens is 669 g/mol. The fourth-order valence-corrected chi connectivity index (χ4v) is 8.92. The van der Waals surface area contributed by atoms with Crippen molar-refractivity contribution in [2.45, 2.75) is 0 Å². The van der Waals surface area contributed by atoms with Crippen LogP contribution in [0.5, 0.6) is 0 Å². The van der Waals surface area contributed by atoms with Crippen LogP contribution in [0.3, 0.4) is 0 Å². The smallest absolute Gasteiger partial charge is 0.143 e. The van der Waals surface area contributed by atoms with E-state index in [2.05, 4.69) is 191 Å². The van der Waals surface area contributed by atoms with Gasteiger partial charge >= 0.3 is 0 Å². The van der Waals surface area contributed by atoms with E-state index in [-0.39, 0.29) is 0 Å². The lowest BCUT2D eigenvalue weighted by Gasteiger charge is -2.12. The lowest BCUT2D eigenvalue weighted by Crippen LogP contribution is -1.96. The fraction of sp³-hybridized carbons (Fsp3) is 0. The monoisotopic (exact) mass is 700 g/mol. The molecule has 0 N–H and O–H groups in total. The van der Waals surface area contributed by atoms with Gasteiger partial charge in [-0.3, -0.25) is 0 Å². The average molecular weight is 701 g/mol. The Kier molecular flexibility index (Phi) is 6.34. The van der Waals surface area contributed by atoms with Crippen molar-refractivity contribution in [3.05, 3.63) is 194 Å². The van der Waals surface area contributed by atoms with Gasteiger partial charge in [-0.05, 0) is 88.1 Å². The molecule has 0 fully saturated rings. The zero-order valence-corrected chi connectivity index (χ0v) is 29.8. The van der Waals surface area contributed by atoms with E-state index >= 15 is 0 Å². The number of benzene rings is 9. The van der Waals surface area contributed by atoms with Crippen LogP contribution in [0, 0.1) is 0 Å². The van der Waals surface area contributed by atoms with Crippen molar-refractivity contribution >= 4 is 76.3 Å². The summed E-state index contributed by atoms with van der Waals surface area (Å²) in [4.78, 5) is 0. The van der Waals surface area contributed by atoms with Gasteiger partial charge in [0.1, 0.15) is 11.2 Å². The molecule has 0 aliphatic carbocycles. The summed E-state index contributed by atoms with van der Waals surface area (Å²) in [6.45, 7) is 0. The van der Waals surface area contributed by atoms with E-state index in [4.69, 9.17) is 4.42 Å². The Labute approximate surface area is 316 Å². The van der Waals surface area contributed by atoms with E-state index in [0.29, 0.717) is 0 Å². The van der Waals surface area contributed by atoms with E-state index in [0.717, 1.165) is 44.4 Å². The third kappa shape index (κ3) is 4.50. The largest absolute Gasteiger partial charge is 0.455 e. The van der Waals surface area contributed by atoms with Crippen LogP contribution < -0.4 is 0 Å². The molecule has 0 spiro atoms. The van der Waals surface area contributed by atoms with Crippen molar-refractivity contribution in [3.8, 4) is 33.6 Å². The van der Waals surface area contributed by atoms with Gasteiger partial charge in [0.25, 0.3) is 0 Å². The maximum absolute atomic E-state index is 6.41. The van der Waals surface area contributed by atoms with Gasteiger partial charge in [-0.25, -0.2) is 0 Å². The summed E-state index contributed by atoms with van der Waals surface area (Å²) in [5.74, 6) is 0. The lowest BCUT2D eigenvalue weighted by atomic mass is 10.0. The number of hydrogen-bond acceptors (Lipinski definition) is 1. The number of rotatable bonds is 4. The van der Waals surface area contributed by atoms with Crippen LogP contribution in [0.1, 0.15) is 0 Å². The van der Waals surface area contributed by atoms with Crippen molar-refractivity contribution in [1.29, 1.82) is 0 Å². The van der Waals surface area contributed by atoms with Crippen molar-refractivity contribution in [3.63, 3.8) is 0 Å². The summed E-state index contributed by atoms with van der Waals surface area (Å²) in [5.41, 5.74) is 13.5. The van der Waals surface area contributed by atoms with Crippen LogP contribution in [0.2, 0.25) is 0 Å². The van der Waals surface area contributed by atoms with E-state index in [1.807, 2.05) is 12.1 Å². The van der Waals surface area contributed by atoms with Gasteiger partial charge in [-0.2, -0.15) is 0 Å². The van der Waals surface area contributed by atoms with E-state index in [9.17, 15) is 0 Å². The van der Waals surface area contributed by atoms with Crippen LogP contribution in [0.25, 0.3) is 110 Å². The Bertz CT molecular complexity index is 3470. The van der Waals surface area contributed by atoms with Crippen LogP contribution in [-0.4, -0.2) is 9.13 Å². The highest BCUT2D eigenvalue weighted by Crippen LogP contribution is 2.41. The molecule has 3 heteroatoms. The SMILES string of the molecule is c1ccc2cc(-c3ccc(-n4c5ccccc5c5cc6c7ccccc7n(-c7ccc(-c8cccc9c8oc8ccccc89)cc7)c6cc54)cc3)ccc2c1. The first-order valence-corrected chi connectivity index (χ1v) is 18.8. The van der Waals surface area contributed by atoms with Crippen molar-refractivity contribution in [2.75, 3.05) is 0 Å². The zero-order valence-electron chi connectivity index (χ0n) is 29.8. The Balaban J connectivity index is 1.03. The molecule has 0 aliphatic heterocycles. The highest BCUT2D eigenvalue weighted by molar-refractivity contribution is 6.19. The van der Waals surface area contributed by atoms with Crippen molar-refractivity contribution < 1.29 is 4.42 Å². The fourth-order valence-electron chi connectivity index (χ4n) is 8.92. The van der Waals surface area contributed by atoms with Crippen molar-refractivity contribution in [1.82, 2.24) is 9.13 Å². The molecule has 0 radical (unpaired) electrons. The lowest BCUT2D eigenvalue weighted by molar-refractivity contribution is 0.670. The highest BCUT2D eigenvalue weighted by Gasteiger charge is 2.19. The standard InChI is InChI=1S/C52H32N2O/c1-2-11-36-30-37(21-20-33(36)10-1)34-22-26-38(27-23-34)53-47-17-6-3-12-41(47)45-31-46-42-13-4-7-18-48(42)54(50(46)32-49(45)53)39-28-24-35(25-29-39)40-15-9-16-44-43-14-5-8-19-51(43)55-52(40)44/h1-32H. The van der Waals surface area contributed by atoms with Gasteiger partial charge in [0.15, 0.2) is 0 Å². The summed E-state index contributed by atoms with van der Waals surface area (Å²) in [6, 6.07) is 70.3. The first-order valence-electron chi connectivity index (χ1n) is 18.8. The normalized spacial score (nSPS) is 12.0. The number of para-hydroxylation sites is 4. The van der Waals surface area contributed by atoms with E-state index in [1.54, 1.807) is 0 Å². The number of furan rings is 1. The minimum absolute atomic E-state index is 0.913. The Hall–Kier alpha value is -7.36. The van der Waals surface area contributed by atoms with Crippen LogP contribution in [0.4, 0.5) is 0 Å². The van der Waals surface area contributed by atoms with E-state index < -0.39 is 0 Å². The number of fused-ring (bicyclic) bond motifs is 10. The maximum Gasteiger partial charge on any atom is 0.143 e. The topological polar surface area (TPSA) is 23.0 Å². The molecule has 9 aromatic carbocycles.